The van der Waals surface area contributed by atoms with Gasteiger partial charge in [-0.3, -0.25) is 9.59 Å². The SMILES string of the molecule is CCCCCCC=CC(CCCO)(CC(N)=O)C(N)=O. The highest BCUT2D eigenvalue weighted by Crippen LogP contribution is 2.30. The highest BCUT2D eigenvalue weighted by molar-refractivity contribution is 5.89. The van der Waals surface area contributed by atoms with Crippen molar-refractivity contribution in [3.63, 3.8) is 0 Å². The van der Waals surface area contributed by atoms with Crippen LogP contribution in [-0.2, 0) is 9.59 Å². The van der Waals surface area contributed by atoms with Crippen molar-refractivity contribution in [3.05, 3.63) is 12.2 Å². The van der Waals surface area contributed by atoms with Gasteiger partial charge >= 0.3 is 0 Å². The number of hydrogen-bond donors (Lipinski definition) is 3. The molecular formula is C15H28N2O3. The van der Waals surface area contributed by atoms with Crippen LogP contribution in [0.25, 0.3) is 0 Å². The fraction of sp³-hybridized carbons (Fsp3) is 0.733. The number of unbranched alkanes of at least 4 members (excludes halogenated alkanes) is 4. The number of carbonyl (C=O) groups is 2. The number of nitrogens with two attached hydrogens (primary N) is 2. The molecule has 5 heteroatoms. The predicted molar refractivity (Wildman–Crippen MR) is 79.7 cm³/mol. The van der Waals surface area contributed by atoms with E-state index < -0.39 is 17.2 Å². The van der Waals surface area contributed by atoms with Crippen LogP contribution in [0.3, 0.4) is 0 Å². The molecule has 2 amide bonds. The summed E-state index contributed by atoms with van der Waals surface area (Å²) in [5.74, 6) is -1.12. The first-order valence-corrected chi connectivity index (χ1v) is 7.35. The van der Waals surface area contributed by atoms with Crippen LogP contribution in [0.1, 0.15) is 58.3 Å². The second-order valence-corrected chi connectivity index (χ2v) is 5.24. The minimum atomic E-state index is -1.06. The highest BCUT2D eigenvalue weighted by Gasteiger charge is 2.35. The number of aliphatic hydroxyl groups is 1. The van der Waals surface area contributed by atoms with Crippen LogP contribution in [0.15, 0.2) is 12.2 Å². The summed E-state index contributed by atoms with van der Waals surface area (Å²) < 4.78 is 0. The van der Waals surface area contributed by atoms with Crippen LogP contribution in [0.2, 0.25) is 0 Å². The van der Waals surface area contributed by atoms with Crippen molar-refractivity contribution in [2.45, 2.75) is 58.3 Å². The molecule has 5 nitrogen and oxygen atoms in total. The van der Waals surface area contributed by atoms with Crippen molar-refractivity contribution in [3.8, 4) is 0 Å². The van der Waals surface area contributed by atoms with E-state index in [2.05, 4.69) is 6.92 Å². The van der Waals surface area contributed by atoms with E-state index >= 15 is 0 Å². The molecule has 0 aromatic carbocycles. The van der Waals surface area contributed by atoms with Crippen molar-refractivity contribution in [1.29, 1.82) is 0 Å². The molecule has 0 fully saturated rings. The lowest BCUT2D eigenvalue weighted by Crippen LogP contribution is -2.39. The molecule has 1 unspecified atom stereocenters. The third-order valence-electron chi connectivity index (χ3n) is 3.42. The molecule has 0 spiro atoms. The molecule has 0 aliphatic rings. The molecule has 20 heavy (non-hydrogen) atoms. The zero-order valence-electron chi connectivity index (χ0n) is 12.4. The van der Waals surface area contributed by atoms with Crippen molar-refractivity contribution < 1.29 is 14.7 Å². The lowest BCUT2D eigenvalue weighted by atomic mass is 9.78. The molecular weight excluding hydrogens is 256 g/mol. The smallest absolute Gasteiger partial charge is 0.227 e. The second-order valence-electron chi connectivity index (χ2n) is 5.24. The van der Waals surface area contributed by atoms with Crippen molar-refractivity contribution in [2.75, 3.05) is 6.61 Å². The summed E-state index contributed by atoms with van der Waals surface area (Å²) in [5, 5.41) is 8.92. The Morgan fingerprint density at radius 1 is 1.15 bits per heavy atom. The van der Waals surface area contributed by atoms with Gasteiger partial charge in [0.2, 0.25) is 11.8 Å². The molecule has 0 aliphatic carbocycles. The van der Waals surface area contributed by atoms with Crippen LogP contribution < -0.4 is 11.5 Å². The van der Waals surface area contributed by atoms with E-state index in [4.69, 9.17) is 16.6 Å². The third kappa shape index (κ3) is 7.28. The zero-order valence-corrected chi connectivity index (χ0v) is 12.4. The summed E-state index contributed by atoms with van der Waals surface area (Å²) in [6.45, 7) is 2.10. The Morgan fingerprint density at radius 2 is 1.85 bits per heavy atom. The maximum absolute atomic E-state index is 11.7. The van der Waals surface area contributed by atoms with Crippen LogP contribution in [0.5, 0.6) is 0 Å². The summed E-state index contributed by atoms with van der Waals surface area (Å²) >= 11 is 0. The number of carbonyl (C=O) groups excluding carboxylic acids is 2. The van der Waals surface area contributed by atoms with Gasteiger partial charge in [-0.25, -0.2) is 0 Å². The highest BCUT2D eigenvalue weighted by atomic mass is 16.3. The number of hydrogen-bond acceptors (Lipinski definition) is 3. The fourth-order valence-electron chi connectivity index (χ4n) is 2.23. The molecule has 0 rings (SSSR count). The van der Waals surface area contributed by atoms with Gasteiger partial charge in [0.1, 0.15) is 0 Å². The Labute approximate surface area is 121 Å². The van der Waals surface area contributed by atoms with Gasteiger partial charge in [0.15, 0.2) is 0 Å². The van der Waals surface area contributed by atoms with E-state index in [1.807, 2.05) is 6.08 Å². The molecule has 5 N–H and O–H groups in total. The molecule has 0 aromatic rings. The van der Waals surface area contributed by atoms with Crippen LogP contribution in [0.4, 0.5) is 0 Å². The van der Waals surface area contributed by atoms with E-state index in [9.17, 15) is 9.59 Å². The maximum Gasteiger partial charge on any atom is 0.227 e. The van der Waals surface area contributed by atoms with Crippen molar-refractivity contribution in [1.82, 2.24) is 0 Å². The fourth-order valence-corrected chi connectivity index (χ4v) is 2.23. The molecule has 0 saturated carbocycles. The molecule has 1 atom stereocenters. The predicted octanol–water partition coefficient (Wildman–Crippen LogP) is 1.63. The van der Waals surface area contributed by atoms with E-state index in [0.29, 0.717) is 12.8 Å². The average molecular weight is 284 g/mol. The summed E-state index contributed by atoms with van der Waals surface area (Å²) in [6, 6.07) is 0. The summed E-state index contributed by atoms with van der Waals surface area (Å²) in [6.07, 6.45) is 9.69. The molecule has 0 aliphatic heterocycles. The van der Waals surface area contributed by atoms with E-state index in [1.165, 1.54) is 12.8 Å². The minimum absolute atomic E-state index is 0.0435. The molecule has 116 valence electrons. The minimum Gasteiger partial charge on any atom is -0.396 e. The van der Waals surface area contributed by atoms with Gasteiger partial charge in [0.05, 0.1) is 5.41 Å². The lowest BCUT2D eigenvalue weighted by Gasteiger charge is -2.25. The van der Waals surface area contributed by atoms with E-state index in [-0.39, 0.29) is 13.0 Å². The monoisotopic (exact) mass is 284 g/mol. The summed E-state index contributed by atoms with van der Waals surface area (Å²) in [5.41, 5.74) is 9.60. The summed E-state index contributed by atoms with van der Waals surface area (Å²) in [7, 11) is 0. The molecule has 0 bridgehead atoms. The Kier molecular flexibility index (Phi) is 9.72. The van der Waals surface area contributed by atoms with Gasteiger partial charge in [-0.1, -0.05) is 38.3 Å². The van der Waals surface area contributed by atoms with Crippen LogP contribution in [-0.4, -0.2) is 23.5 Å². The first kappa shape index (κ1) is 18.6. The second kappa shape index (κ2) is 10.4. The van der Waals surface area contributed by atoms with Crippen LogP contribution in [0, 0.1) is 5.41 Å². The number of amides is 2. The number of aliphatic hydroxyl groups excluding tert-OH is 1. The Hall–Kier alpha value is -1.36. The van der Waals surface area contributed by atoms with Gasteiger partial charge in [-0.15, -0.1) is 0 Å². The van der Waals surface area contributed by atoms with Crippen LogP contribution >= 0.6 is 0 Å². The third-order valence-corrected chi connectivity index (χ3v) is 3.42. The van der Waals surface area contributed by atoms with Gasteiger partial charge in [-0.05, 0) is 25.7 Å². The Balaban J connectivity index is 4.67. The summed E-state index contributed by atoms with van der Waals surface area (Å²) in [4.78, 5) is 22.9. The standard InChI is InChI=1S/C15H28N2O3/c1-2-3-4-5-6-7-9-15(14(17)20,10-8-11-18)12-13(16)19/h7,9,18H,2-6,8,10-12H2,1H3,(H2,16,19)(H2,17,20). The topological polar surface area (TPSA) is 106 Å². The Morgan fingerprint density at radius 3 is 2.35 bits per heavy atom. The van der Waals surface area contributed by atoms with E-state index in [1.54, 1.807) is 6.08 Å². The van der Waals surface area contributed by atoms with Gasteiger partial charge < -0.3 is 16.6 Å². The molecule has 0 aromatic heterocycles. The number of primary amides is 2. The molecule has 0 radical (unpaired) electrons. The zero-order chi connectivity index (χ0) is 15.4. The van der Waals surface area contributed by atoms with Gasteiger partial charge in [0, 0.05) is 13.0 Å². The number of rotatable bonds is 12. The molecule has 0 heterocycles. The Bertz CT molecular complexity index is 329. The molecule has 0 saturated heterocycles. The quantitative estimate of drug-likeness (QED) is 0.374. The van der Waals surface area contributed by atoms with Gasteiger partial charge in [-0.2, -0.15) is 0 Å². The first-order valence-electron chi connectivity index (χ1n) is 7.35. The normalized spacial score (nSPS) is 14.3. The number of allylic oxidation sites excluding steroid dienone is 1. The van der Waals surface area contributed by atoms with Crippen molar-refractivity contribution >= 4 is 11.8 Å². The van der Waals surface area contributed by atoms with Crippen molar-refractivity contribution in [2.24, 2.45) is 16.9 Å². The average Bonchev–Trinajstić information content (AvgIpc) is 2.38. The lowest BCUT2D eigenvalue weighted by molar-refractivity contribution is -0.131. The maximum atomic E-state index is 11.7. The van der Waals surface area contributed by atoms with Gasteiger partial charge in [0.25, 0.3) is 0 Å². The largest absolute Gasteiger partial charge is 0.396 e. The van der Waals surface area contributed by atoms with E-state index in [0.717, 1.165) is 19.3 Å². The first-order chi connectivity index (χ1) is 9.48.